The zero-order valence-electron chi connectivity index (χ0n) is 17.3. The molecule has 156 valence electrons. The van der Waals surface area contributed by atoms with Gasteiger partial charge in [0.2, 0.25) is 0 Å². The van der Waals surface area contributed by atoms with Crippen LogP contribution >= 0.6 is 0 Å². The number of hydrogen-bond acceptors (Lipinski definition) is 4. The second-order valence-electron chi connectivity index (χ2n) is 8.01. The molecule has 0 saturated carbocycles. The first-order valence-corrected chi connectivity index (χ1v) is 10.6. The van der Waals surface area contributed by atoms with Crippen LogP contribution in [0.4, 0.5) is 0 Å². The number of likely N-dealkylation sites (tertiary alicyclic amines) is 1. The number of hydrogen-bond donors (Lipinski definition) is 0. The summed E-state index contributed by atoms with van der Waals surface area (Å²) in [5, 5.41) is 0. The second-order valence-corrected chi connectivity index (χ2v) is 8.01. The number of nitrogens with zero attached hydrogens (tertiary/aromatic N) is 3. The molecule has 1 amide bonds. The van der Waals surface area contributed by atoms with Gasteiger partial charge < -0.3 is 18.6 Å². The molecule has 0 unspecified atom stereocenters. The number of ether oxygens (including phenoxy) is 1. The molecule has 0 spiro atoms. The van der Waals surface area contributed by atoms with Crippen molar-refractivity contribution in [2.24, 2.45) is 0 Å². The predicted octanol–water partition coefficient (Wildman–Crippen LogP) is 3.93. The Morgan fingerprint density at radius 1 is 1.03 bits per heavy atom. The number of benzene rings is 1. The van der Waals surface area contributed by atoms with Crippen LogP contribution in [-0.4, -0.2) is 47.0 Å². The SMILES string of the molecule is COc1ccccc1[C@H]1c2cccn2CCN1Cc1ccc(C(=O)N2CCCC2)o1. The summed E-state index contributed by atoms with van der Waals surface area (Å²) in [5.41, 5.74) is 2.38. The maximum absolute atomic E-state index is 12.6. The average molecular weight is 405 g/mol. The Balaban J connectivity index is 1.43. The molecule has 1 atom stereocenters. The van der Waals surface area contributed by atoms with E-state index in [1.54, 1.807) is 7.11 Å². The van der Waals surface area contributed by atoms with Crippen LogP contribution in [0, 0.1) is 0 Å². The van der Waals surface area contributed by atoms with Crippen molar-refractivity contribution in [1.29, 1.82) is 0 Å². The fourth-order valence-corrected chi connectivity index (χ4v) is 4.70. The number of aromatic nitrogens is 1. The van der Waals surface area contributed by atoms with E-state index in [9.17, 15) is 4.79 Å². The van der Waals surface area contributed by atoms with Gasteiger partial charge in [0.1, 0.15) is 11.5 Å². The topological polar surface area (TPSA) is 50.9 Å². The van der Waals surface area contributed by atoms with Gasteiger partial charge in [0.05, 0.1) is 19.7 Å². The van der Waals surface area contributed by atoms with Crippen LogP contribution in [0.5, 0.6) is 5.75 Å². The summed E-state index contributed by atoms with van der Waals surface area (Å²) in [6.07, 6.45) is 4.29. The monoisotopic (exact) mass is 405 g/mol. The van der Waals surface area contributed by atoms with E-state index in [4.69, 9.17) is 9.15 Å². The van der Waals surface area contributed by atoms with Crippen LogP contribution < -0.4 is 4.74 Å². The van der Waals surface area contributed by atoms with Gasteiger partial charge in [0.15, 0.2) is 5.76 Å². The maximum atomic E-state index is 12.6. The van der Waals surface area contributed by atoms with Crippen molar-refractivity contribution in [2.45, 2.75) is 32.0 Å². The van der Waals surface area contributed by atoms with Gasteiger partial charge in [-0.3, -0.25) is 9.69 Å². The predicted molar refractivity (Wildman–Crippen MR) is 114 cm³/mol. The molecule has 0 bridgehead atoms. The van der Waals surface area contributed by atoms with Gasteiger partial charge >= 0.3 is 0 Å². The van der Waals surface area contributed by atoms with Gasteiger partial charge in [0.25, 0.3) is 5.91 Å². The first-order chi connectivity index (χ1) is 14.7. The molecule has 2 aromatic heterocycles. The van der Waals surface area contributed by atoms with Crippen LogP contribution in [0.25, 0.3) is 0 Å². The summed E-state index contributed by atoms with van der Waals surface area (Å²) in [5.74, 6) is 2.15. The molecule has 6 heteroatoms. The molecule has 1 saturated heterocycles. The smallest absolute Gasteiger partial charge is 0.289 e. The van der Waals surface area contributed by atoms with E-state index in [1.807, 2.05) is 29.2 Å². The van der Waals surface area contributed by atoms with E-state index in [-0.39, 0.29) is 11.9 Å². The van der Waals surface area contributed by atoms with E-state index in [1.165, 1.54) is 5.69 Å². The number of rotatable bonds is 5. The minimum Gasteiger partial charge on any atom is -0.496 e. The normalized spacial score (nSPS) is 19.1. The lowest BCUT2D eigenvalue weighted by atomic mass is 9.98. The highest BCUT2D eigenvalue weighted by Crippen LogP contribution is 2.38. The van der Waals surface area contributed by atoms with Crippen LogP contribution in [0.1, 0.15) is 46.5 Å². The fourth-order valence-electron chi connectivity index (χ4n) is 4.70. The van der Waals surface area contributed by atoms with Gasteiger partial charge in [-0.15, -0.1) is 0 Å². The molecule has 0 aliphatic carbocycles. The summed E-state index contributed by atoms with van der Waals surface area (Å²) < 4.78 is 14.0. The minimum atomic E-state index is 0.00699. The number of carbonyl (C=O) groups excluding carboxylic acids is 1. The zero-order chi connectivity index (χ0) is 20.5. The Kier molecular flexibility index (Phi) is 5.09. The Morgan fingerprint density at radius 2 is 1.87 bits per heavy atom. The van der Waals surface area contributed by atoms with Gasteiger partial charge in [-0.05, 0) is 43.2 Å². The van der Waals surface area contributed by atoms with Gasteiger partial charge in [-0.1, -0.05) is 18.2 Å². The van der Waals surface area contributed by atoms with Crippen molar-refractivity contribution < 1.29 is 13.9 Å². The van der Waals surface area contributed by atoms with Crippen LogP contribution in [-0.2, 0) is 13.1 Å². The van der Waals surface area contributed by atoms with Crippen molar-refractivity contribution in [3.8, 4) is 5.75 Å². The van der Waals surface area contributed by atoms with Gasteiger partial charge in [-0.25, -0.2) is 0 Å². The molecule has 1 fully saturated rings. The van der Waals surface area contributed by atoms with Crippen LogP contribution in [0.15, 0.2) is 59.1 Å². The molecule has 4 heterocycles. The molecule has 3 aromatic rings. The number of para-hydroxylation sites is 1. The zero-order valence-corrected chi connectivity index (χ0v) is 17.3. The van der Waals surface area contributed by atoms with E-state index in [0.29, 0.717) is 12.3 Å². The number of amides is 1. The van der Waals surface area contributed by atoms with Crippen molar-refractivity contribution in [3.05, 3.63) is 77.5 Å². The van der Waals surface area contributed by atoms with E-state index >= 15 is 0 Å². The summed E-state index contributed by atoms with van der Waals surface area (Å²) in [6.45, 7) is 4.11. The van der Waals surface area contributed by atoms with Gasteiger partial charge in [-0.2, -0.15) is 0 Å². The van der Waals surface area contributed by atoms with E-state index in [0.717, 1.165) is 56.1 Å². The molecule has 0 radical (unpaired) electrons. The Bertz CT molecular complexity index is 1030. The quantitative estimate of drug-likeness (QED) is 0.645. The first kappa shape index (κ1) is 19.0. The van der Waals surface area contributed by atoms with Gasteiger partial charge in [0, 0.05) is 43.6 Å². The number of furan rings is 1. The largest absolute Gasteiger partial charge is 0.496 e. The summed E-state index contributed by atoms with van der Waals surface area (Å²) in [6, 6.07) is 16.3. The highest BCUT2D eigenvalue weighted by molar-refractivity contribution is 5.91. The molecular weight excluding hydrogens is 378 g/mol. The lowest BCUT2D eigenvalue weighted by molar-refractivity contribution is 0.0755. The number of methoxy groups -OCH3 is 1. The minimum absolute atomic E-state index is 0.00699. The van der Waals surface area contributed by atoms with Crippen molar-refractivity contribution in [1.82, 2.24) is 14.4 Å². The molecule has 30 heavy (non-hydrogen) atoms. The summed E-state index contributed by atoms with van der Waals surface area (Å²) in [7, 11) is 1.72. The molecule has 2 aliphatic heterocycles. The molecule has 5 rings (SSSR count). The molecular formula is C24H27N3O3. The first-order valence-electron chi connectivity index (χ1n) is 10.6. The third-order valence-electron chi connectivity index (χ3n) is 6.20. The number of fused-ring (bicyclic) bond motifs is 1. The number of carbonyl (C=O) groups is 1. The third-order valence-corrected chi connectivity index (χ3v) is 6.20. The average Bonchev–Trinajstić information content (AvgIpc) is 3.54. The lowest BCUT2D eigenvalue weighted by Gasteiger charge is -2.37. The fraction of sp³-hybridized carbons (Fsp3) is 0.375. The highest BCUT2D eigenvalue weighted by Gasteiger charge is 2.31. The lowest BCUT2D eigenvalue weighted by Crippen LogP contribution is -2.38. The molecule has 6 nitrogen and oxygen atoms in total. The van der Waals surface area contributed by atoms with E-state index < -0.39 is 0 Å². The van der Waals surface area contributed by atoms with E-state index in [2.05, 4.69) is 39.9 Å². The van der Waals surface area contributed by atoms with Crippen molar-refractivity contribution in [3.63, 3.8) is 0 Å². The van der Waals surface area contributed by atoms with Crippen LogP contribution in [0.3, 0.4) is 0 Å². The highest BCUT2D eigenvalue weighted by atomic mass is 16.5. The summed E-state index contributed by atoms with van der Waals surface area (Å²) >= 11 is 0. The second kappa shape index (κ2) is 8.03. The van der Waals surface area contributed by atoms with Crippen LogP contribution in [0.2, 0.25) is 0 Å². The Morgan fingerprint density at radius 3 is 2.70 bits per heavy atom. The summed E-state index contributed by atoms with van der Waals surface area (Å²) in [4.78, 5) is 16.9. The van der Waals surface area contributed by atoms with Crippen molar-refractivity contribution in [2.75, 3.05) is 26.7 Å². The Labute approximate surface area is 176 Å². The maximum Gasteiger partial charge on any atom is 0.289 e. The Hall–Kier alpha value is -2.99. The molecule has 2 aliphatic rings. The third kappa shape index (κ3) is 3.41. The standard InChI is InChI=1S/C24H27N3O3/c1-29-21-9-3-2-7-19(21)23-20-8-6-14-25(20)15-16-27(23)17-18-10-11-22(30-18)24(28)26-12-4-5-13-26/h2-3,6-11,14,23H,4-5,12-13,15-17H2,1H3/t23-/m0/s1. The van der Waals surface area contributed by atoms with Crippen molar-refractivity contribution >= 4 is 5.91 Å². The molecule has 0 N–H and O–H groups in total. The molecule has 1 aromatic carbocycles.